The van der Waals surface area contributed by atoms with Gasteiger partial charge in [-0.05, 0) is 57.7 Å². The summed E-state index contributed by atoms with van der Waals surface area (Å²) in [6, 6.07) is 0. The maximum atomic E-state index is 8.85. The number of aliphatic hydroxyl groups is 1. The minimum absolute atomic E-state index is 0.333. The second kappa shape index (κ2) is 8.90. The zero-order valence-electron chi connectivity index (χ0n) is 12.2. The van der Waals surface area contributed by atoms with E-state index in [0.29, 0.717) is 6.61 Å². The minimum Gasteiger partial charge on any atom is -0.396 e. The molecule has 2 rings (SSSR count). The third kappa shape index (κ3) is 5.78. The second-order valence-corrected chi connectivity index (χ2v) is 5.96. The van der Waals surface area contributed by atoms with Crippen molar-refractivity contribution in [1.29, 1.82) is 0 Å². The first-order chi connectivity index (χ1) is 9.38. The fourth-order valence-corrected chi connectivity index (χ4v) is 3.22. The molecule has 2 heterocycles. The van der Waals surface area contributed by atoms with Gasteiger partial charge in [-0.3, -0.25) is 4.90 Å². The fourth-order valence-electron chi connectivity index (χ4n) is 3.22. The first-order valence-corrected chi connectivity index (χ1v) is 8.02. The molecule has 4 heteroatoms. The predicted molar refractivity (Wildman–Crippen MR) is 77.4 cm³/mol. The average Bonchev–Trinajstić information content (AvgIpc) is 2.47. The number of ether oxygens (including phenoxy) is 1. The van der Waals surface area contributed by atoms with Crippen LogP contribution in [0.15, 0.2) is 0 Å². The summed E-state index contributed by atoms with van der Waals surface area (Å²) in [6.45, 7) is 9.24. The Hall–Kier alpha value is -0.160. The lowest BCUT2D eigenvalue weighted by Gasteiger charge is -2.32. The Bertz CT molecular complexity index is 224. The largest absolute Gasteiger partial charge is 0.396 e. The summed E-state index contributed by atoms with van der Waals surface area (Å²) in [5.74, 6) is 0.936. The highest BCUT2D eigenvalue weighted by atomic mass is 16.5. The normalized spacial score (nSPS) is 23.8. The first-order valence-electron chi connectivity index (χ1n) is 8.02. The van der Waals surface area contributed by atoms with Crippen LogP contribution < -0.4 is 0 Å². The number of nitrogens with zero attached hydrogens (tertiary/aromatic N) is 2. The minimum atomic E-state index is 0.333. The van der Waals surface area contributed by atoms with E-state index in [4.69, 9.17) is 9.84 Å². The number of hydrogen-bond acceptors (Lipinski definition) is 4. The smallest absolute Gasteiger partial charge is 0.0594 e. The Balaban J connectivity index is 1.50. The second-order valence-electron chi connectivity index (χ2n) is 5.96. The van der Waals surface area contributed by atoms with Gasteiger partial charge >= 0.3 is 0 Å². The number of rotatable bonds is 7. The Labute approximate surface area is 117 Å². The summed E-state index contributed by atoms with van der Waals surface area (Å²) in [6.07, 6.45) is 6.39. The van der Waals surface area contributed by atoms with E-state index in [1.165, 1.54) is 45.3 Å². The van der Waals surface area contributed by atoms with Crippen LogP contribution in [0.4, 0.5) is 0 Å². The zero-order chi connectivity index (χ0) is 13.3. The topological polar surface area (TPSA) is 35.9 Å². The number of hydrogen-bond donors (Lipinski definition) is 1. The molecule has 0 aromatic rings. The molecular formula is C15H30N2O2. The molecule has 2 aliphatic heterocycles. The lowest BCUT2D eigenvalue weighted by Crippen LogP contribution is -2.37. The lowest BCUT2D eigenvalue weighted by molar-refractivity contribution is 0.0361. The van der Waals surface area contributed by atoms with Crippen LogP contribution >= 0.6 is 0 Å². The van der Waals surface area contributed by atoms with Gasteiger partial charge in [-0.25, -0.2) is 0 Å². The van der Waals surface area contributed by atoms with E-state index < -0.39 is 0 Å². The first kappa shape index (κ1) is 15.2. The molecule has 0 atom stereocenters. The molecule has 0 radical (unpaired) electrons. The molecule has 0 saturated carbocycles. The molecule has 0 unspecified atom stereocenters. The molecule has 112 valence electrons. The molecule has 0 amide bonds. The van der Waals surface area contributed by atoms with Crippen molar-refractivity contribution in [2.45, 2.75) is 32.1 Å². The van der Waals surface area contributed by atoms with Crippen molar-refractivity contribution in [2.24, 2.45) is 5.92 Å². The fraction of sp³-hybridized carbons (Fsp3) is 1.00. The summed E-state index contributed by atoms with van der Waals surface area (Å²) >= 11 is 0. The van der Waals surface area contributed by atoms with Gasteiger partial charge in [0.2, 0.25) is 0 Å². The van der Waals surface area contributed by atoms with E-state index >= 15 is 0 Å². The van der Waals surface area contributed by atoms with Gasteiger partial charge in [-0.15, -0.1) is 0 Å². The van der Waals surface area contributed by atoms with Crippen molar-refractivity contribution < 1.29 is 9.84 Å². The molecule has 4 nitrogen and oxygen atoms in total. The molecule has 0 aromatic carbocycles. The lowest BCUT2D eigenvalue weighted by atomic mass is 9.92. The number of morpholine rings is 1. The third-order valence-electron chi connectivity index (χ3n) is 4.53. The number of aliphatic hydroxyl groups excluding tert-OH is 1. The monoisotopic (exact) mass is 270 g/mol. The van der Waals surface area contributed by atoms with E-state index in [-0.39, 0.29) is 0 Å². The number of piperidine rings is 1. The third-order valence-corrected chi connectivity index (χ3v) is 4.53. The van der Waals surface area contributed by atoms with Crippen LogP contribution in [0.3, 0.4) is 0 Å². The molecule has 2 saturated heterocycles. The molecule has 1 N–H and O–H groups in total. The van der Waals surface area contributed by atoms with E-state index in [0.717, 1.165) is 45.2 Å². The predicted octanol–water partition coefficient (Wildman–Crippen LogP) is 1.19. The molecular weight excluding hydrogens is 240 g/mol. The molecule has 0 aromatic heterocycles. The average molecular weight is 270 g/mol. The molecule has 19 heavy (non-hydrogen) atoms. The highest BCUT2D eigenvalue weighted by Crippen LogP contribution is 2.22. The van der Waals surface area contributed by atoms with Crippen LogP contribution in [0.1, 0.15) is 32.1 Å². The molecule has 0 bridgehead atoms. The van der Waals surface area contributed by atoms with Gasteiger partial charge in [-0.1, -0.05) is 0 Å². The Morgan fingerprint density at radius 2 is 1.53 bits per heavy atom. The van der Waals surface area contributed by atoms with Gasteiger partial charge in [0, 0.05) is 26.2 Å². The SMILES string of the molecule is OCCCN1CCC(CCCN2CCOCC2)CC1. The van der Waals surface area contributed by atoms with Crippen LogP contribution in [-0.4, -0.2) is 74.0 Å². The van der Waals surface area contributed by atoms with E-state index in [9.17, 15) is 0 Å². The molecule has 0 aliphatic carbocycles. The standard InChI is InChI=1S/C15H30N2O2/c18-12-2-7-16-8-4-15(5-9-16)3-1-6-17-10-13-19-14-11-17/h15,18H,1-14H2. The van der Waals surface area contributed by atoms with Gasteiger partial charge in [0.1, 0.15) is 0 Å². The van der Waals surface area contributed by atoms with Crippen molar-refractivity contribution in [3.63, 3.8) is 0 Å². The molecule has 2 fully saturated rings. The van der Waals surface area contributed by atoms with Crippen molar-refractivity contribution >= 4 is 0 Å². The van der Waals surface area contributed by atoms with E-state index in [2.05, 4.69) is 9.80 Å². The highest BCUT2D eigenvalue weighted by Gasteiger charge is 2.19. The van der Waals surface area contributed by atoms with Crippen LogP contribution in [0.25, 0.3) is 0 Å². The Morgan fingerprint density at radius 1 is 0.895 bits per heavy atom. The molecule has 0 spiro atoms. The van der Waals surface area contributed by atoms with Gasteiger partial charge in [0.15, 0.2) is 0 Å². The summed E-state index contributed by atoms with van der Waals surface area (Å²) in [5, 5.41) is 8.85. The maximum Gasteiger partial charge on any atom is 0.0594 e. The summed E-state index contributed by atoms with van der Waals surface area (Å²) < 4.78 is 5.38. The van der Waals surface area contributed by atoms with Gasteiger partial charge < -0.3 is 14.7 Å². The summed E-state index contributed by atoms with van der Waals surface area (Å²) in [5.41, 5.74) is 0. The van der Waals surface area contributed by atoms with E-state index in [1.54, 1.807) is 0 Å². The zero-order valence-corrected chi connectivity index (χ0v) is 12.2. The molecule has 2 aliphatic rings. The highest BCUT2D eigenvalue weighted by molar-refractivity contribution is 4.73. The van der Waals surface area contributed by atoms with Crippen LogP contribution in [0.5, 0.6) is 0 Å². The van der Waals surface area contributed by atoms with Gasteiger partial charge in [0.25, 0.3) is 0 Å². The van der Waals surface area contributed by atoms with Crippen LogP contribution in [0, 0.1) is 5.92 Å². The summed E-state index contributed by atoms with van der Waals surface area (Å²) in [4.78, 5) is 5.05. The van der Waals surface area contributed by atoms with Gasteiger partial charge in [-0.2, -0.15) is 0 Å². The Morgan fingerprint density at radius 3 is 2.21 bits per heavy atom. The van der Waals surface area contributed by atoms with Crippen LogP contribution in [-0.2, 0) is 4.74 Å². The quantitative estimate of drug-likeness (QED) is 0.754. The van der Waals surface area contributed by atoms with Crippen molar-refractivity contribution in [3.05, 3.63) is 0 Å². The van der Waals surface area contributed by atoms with Crippen molar-refractivity contribution in [1.82, 2.24) is 9.80 Å². The summed E-state index contributed by atoms with van der Waals surface area (Å²) in [7, 11) is 0. The van der Waals surface area contributed by atoms with Gasteiger partial charge in [0.05, 0.1) is 13.2 Å². The van der Waals surface area contributed by atoms with Crippen LogP contribution in [0.2, 0.25) is 0 Å². The maximum absolute atomic E-state index is 8.85. The Kier molecular flexibility index (Phi) is 7.14. The van der Waals surface area contributed by atoms with E-state index in [1.807, 2.05) is 0 Å². The van der Waals surface area contributed by atoms with Crippen molar-refractivity contribution in [2.75, 3.05) is 59.1 Å². The number of likely N-dealkylation sites (tertiary alicyclic amines) is 1. The van der Waals surface area contributed by atoms with Crippen molar-refractivity contribution in [3.8, 4) is 0 Å².